The number of aliphatic carboxylic acids is 3. The van der Waals surface area contributed by atoms with E-state index >= 15 is 0 Å². The minimum atomic E-state index is -1.20. The maximum absolute atomic E-state index is 14.0. The van der Waals surface area contributed by atoms with Gasteiger partial charge in [0.2, 0.25) is 23.6 Å². The number of nitrogens with one attached hydrogen (secondary N) is 6. The van der Waals surface area contributed by atoms with Crippen molar-refractivity contribution < 1.29 is 150 Å². The Kier molecular flexibility index (Phi) is 69.4. The standard InChI is InChI=1S/C100H156N8O31/c1-100(2,66-89(114)86(101)65-79-67-102-73-108-79)90(115)68-107-87(30-18-20-46-104-93(118)70-135-60-56-131-50-24-29-83(112)69-134-59-57-132-53-47-105-91(116)44-37-74(95(120)121)31-38-80(109)26-15-11-7-3-5-9-13-21-51-138-84-40-33-75(34-41-84)96(122)123)88(113)64-77(98(126)127)25-17-19-45-103-92(117)71-137-62-58-133-54-48-106-94(119)72-136-61-55-130-49-23-28-81(110)39-32-78(99(128)129)63-82(111)27-16-12-8-4-6-10-14-22-52-139-85-42-35-76(36-43-85)97(124)125/h33-36,40-43,67,73-74,77-78,86-87,107H,3-32,37-39,44-66,68-72,101H2,1-2H3,(H,102,108)(H,103,117)(H,104,118)(H,105,116)(H,106,119)(H,120,121)(H,122,123)(H,124,125)(H,126,127)(H,128,129)/t74-,77+,78+,86-,87-/m0/s1. The summed E-state index contributed by atoms with van der Waals surface area (Å²) >= 11 is 0. The summed E-state index contributed by atoms with van der Waals surface area (Å²) in [5.41, 5.74) is 6.08. The number of aromatic nitrogens is 2. The van der Waals surface area contributed by atoms with Crippen LogP contribution in [0.4, 0.5) is 0 Å². The second kappa shape index (κ2) is 78.5. The molecule has 0 bridgehead atoms. The van der Waals surface area contributed by atoms with E-state index in [0.717, 1.165) is 96.3 Å². The number of hydrogen-bond acceptors (Lipinski definition) is 29. The molecule has 0 saturated carbocycles. The topological polar surface area (TPSA) is 581 Å². The van der Waals surface area contributed by atoms with Crippen molar-refractivity contribution in [2.24, 2.45) is 28.9 Å². The Labute approximate surface area is 816 Å². The van der Waals surface area contributed by atoms with E-state index < -0.39 is 82.7 Å². The lowest BCUT2D eigenvalue weighted by Crippen LogP contribution is -2.45. The van der Waals surface area contributed by atoms with Crippen LogP contribution >= 0.6 is 0 Å². The molecule has 0 radical (unpaired) electrons. The number of aromatic carboxylic acids is 2. The quantitative estimate of drug-likeness (QED) is 0.0234. The minimum absolute atomic E-state index is 0.0131. The summed E-state index contributed by atoms with van der Waals surface area (Å²) in [4.78, 5) is 206. The fourth-order valence-corrected chi connectivity index (χ4v) is 14.6. The third-order valence-corrected chi connectivity index (χ3v) is 23.0. The van der Waals surface area contributed by atoms with Gasteiger partial charge in [-0.1, -0.05) is 97.3 Å². The van der Waals surface area contributed by atoms with Crippen molar-refractivity contribution in [2.75, 3.05) is 152 Å². The highest BCUT2D eigenvalue weighted by Crippen LogP contribution is 2.26. The fourth-order valence-electron chi connectivity index (χ4n) is 14.6. The zero-order valence-electron chi connectivity index (χ0n) is 81.7. The van der Waals surface area contributed by atoms with Gasteiger partial charge in [0.1, 0.15) is 55.3 Å². The summed E-state index contributed by atoms with van der Waals surface area (Å²) in [5, 5.41) is 61.5. The van der Waals surface area contributed by atoms with Crippen LogP contribution in [-0.2, 0) is 111 Å². The summed E-state index contributed by atoms with van der Waals surface area (Å²) in [5.74, 6) is -9.90. The van der Waals surface area contributed by atoms with Crippen molar-refractivity contribution in [1.82, 2.24) is 36.6 Å². The zero-order chi connectivity index (χ0) is 102. The van der Waals surface area contributed by atoms with Crippen molar-refractivity contribution in [3.63, 3.8) is 0 Å². The van der Waals surface area contributed by atoms with Gasteiger partial charge in [0.05, 0.1) is 133 Å². The van der Waals surface area contributed by atoms with E-state index in [-0.39, 0.29) is 286 Å². The number of hydrogen-bond donors (Lipinski definition) is 12. The third kappa shape index (κ3) is 65.4. The number of carboxylic acids is 5. The molecule has 39 heteroatoms. The van der Waals surface area contributed by atoms with Crippen molar-refractivity contribution in [3.8, 4) is 11.5 Å². The molecule has 3 rings (SSSR count). The van der Waals surface area contributed by atoms with Crippen LogP contribution in [0.25, 0.3) is 0 Å². The molecule has 4 amide bonds. The smallest absolute Gasteiger partial charge is 0.335 e. The number of H-pyrrole nitrogens is 1. The van der Waals surface area contributed by atoms with Crippen molar-refractivity contribution in [2.45, 2.75) is 270 Å². The van der Waals surface area contributed by atoms with Crippen molar-refractivity contribution in [3.05, 3.63) is 77.9 Å². The number of carbonyl (C=O) groups excluding carboxylic acids is 11. The van der Waals surface area contributed by atoms with Crippen LogP contribution in [0.2, 0.25) is 0 Å². The Balaban J connectivity index is 1.18. The van der Waals surface area contributed by atoms with Crippen LogP contribution in [0.15, 0.2) is 61.1 Å². The highest BCUT2D eigenvalue weighted by molar-refractivity contribution is 5.95. The molecule has 39 nitrogen and oxygen atoms in total. The highest BCUT2D eigenvalue weighted by atomic mass is 16.5. The number of nitrogens with two attached hydrogens (primary N) is 1. The summed E-state index contributed by atoms with van der Waals surface area (Å²) in [6, 6.07) is 10.8. The molecular weight excluding hydrogens is 1810 g/mol. The summed E-state index contributed by atoms with van der Waals surface area (Å²) < 4.78 is 55.0. The number of benzene rings is 2. The average molecular weight is 1970 g/mol. The lowest BCUT2D eigenvalue weighted by atomic mass is 9.81. The van der Waals surface area contributed by atoms with Crippen molar-refractivity contribution >= 4 is 94.0 Å². The number of ether oxygens (including phenoxy) is 10. The molecule has 0 unspecified atom stereocenters. The predicted octanol–water partition coefficient (Wildman–Crippen LogP) is 9.94. The predicted molar refractivity (Wildman–Crippen MR) is 511 cm³/mol. The van der Waals surface area contributed by atoms with Crippen LogP contribution in [0, 0.1) is 23.2 Å². The lowest BCUT2D eigenvalue weighted by molar-refractivity contribution is -0.144. The van der Waals surface area contributed by atoms with Gasteiger partial charge in [-0.05, 0) is 138 Å². The van der Waals surface area contributed by atoms with E-state index in [1.54, 1.807) is 44.3 Å². The van der Waals surface area contributed by atoms with Gasteiger partial charge in [0.15, 0.2) is 23.1 Å². The maximum Gasteiger partial charge on any atom is 0.335 e. The second-order valence-electron chi connectivity index (χ2n) is 35.3. The molecular formula is C100H156N8O31. The molecule has 1 heterocycles. The third-order valence-electron chi connectivity index (χ3n) is 23.0. The van der Waals surface area contributed by atoms with Crippen molar-refractivity contribution in [1.29, 1.82) is 0 Å². The summed E-state index contributed by atoms with van der Waals surface area (Å²) in [6.45, 7) is 5.85. The molecule has 1 aromatic heterocycles. The monoisotopic (exact) mass is 1970 g/mol. The van der Waals surface area contributed by atoms with E-state index in [1.165, 1.54) is 30.6 Å². The molecule has 0 aliphatic heterocycles. The fraction of sp³-hybridized carbons (Fsp3) is 0.690. The summed E-state index contributed by atoms with van der Waals surface area (Å²) in [7, 11) is 0. The number of nitrogens with zero attached hydrogens (tertiary/aromatic N) is 1. The van der Waals surface area contributed by atoms with Crippen LogP contribution in [-0.4, -0.2) is 293 Å². The van der Waals surface area contributed by atoms with Gasteiger partial charge in [-0.25, -0.2) is 14.6 Å². The van der Waals surface area contributed by atoms with Crippen LogP contribution in [0.1, 0.15) is 278 Å². The molecule has 0 saturated heterocycles. The average Bonchev–Trinajstić information content (AvgIpc) is 1.34. The second-order valence-corrected chi connectivity index (χ2v) is 35.3. The van der Waals surface area contributed by atoms with Gasteiger partial charge in [0, 0.05) is 127 Å². The molecule has 0 fully saturated rings. The number of ketones is 7. The summed E-state index contributed by atoms with van der Waals surface area (Å²) in [6.07, 6.45) is 22.2. The van der Waals surface area contributed by atoms with E-state index in [9.17, 15) is 92.0 Å². The molecule has 139 heavy (non-hydrogen) atoms. The Morgan fingerprint density at radius 3 is 1.21 bits per heavy atom. The van der Waals surface area contributed by atoms with E-state index in [0.29, 0.717) is 88.2 Å². The van der Waals surface area contributed by atoms with Gasteiger partial charge in [-0.15, -0.1) is 0 Å². The minimum Gasteiger partial charge on any atom is -0.494 e. The number of amides is 4. The molecule has 2 aromatic carbocycles. The first kappa shape index (κ1) is 123. The Morgan fingerprint density at radius 1 is 0.360 bits per heavy atom. The number of carboxylic acid groups (broad SMARTS) is 5. The first-order valence-corrected chi connectivity index (χ1v) is 49.3. The number of aromatic amines is 1. The van der Waals surface area contributed by atoms with Gasteiger partial charge < -0.3 is 110 Å². The SMILES string of the molecule is CC(C)(CC(=O)[C@@H](N)Cc1cnc[nH]1)C(=O)CN[C@@H](CCCCNC(=O)COCCOCCCC(=O)COCCOCCNC(=O)CC[C@H](CCC(=O)CCCCCCCCCCOc1ccc(C(=O)O)cc1)C(=O)O)C(=O)C[C@@H](CCCCNC(=O)COCCOCCNC(=O)COCCOCCCC(=O)CC[C@H](CC(=O)CCCCCCCCCCOc1ccc(C(=O)O)cc1)C(=O)O)C(=O)O. The Morgan fingerprint density at radius 2 is 0.748 bits per heavy atom. The largest absolute Gasteiger partial charge is 0.494 e. The van der Waals surface area contributed by atoms with Crippen LogP contribution in [0.5, 0.6) is 11.5 Å². The van der Waals surface area contributed by atoms with E-state index in [4.69, 9.17) is 63.3 Å². The van der Waals surface area contributed by atoms with Gasteiger partial charge >= 0.3 is 29.8 Å². The van der Waals surface area contributed by atoms with Gasteiger partial charge in [-0.3, -0.25) is 67.1 Å². The molecule has 0 aliphatic carbocycles. The number of unbranched alkanes of at least 4 members (excludes halogenated alkanes) is 16. The number of imidazole rings is 1. The van der Waals surface area contributed by atoms with E-state index in [2.05, 4.69) is 36.6 Å². The van der Waals surface area contributed by atoms with Gasteiger partial charge in [0.25, 0.3) is 0 Å². The number of carbonyl (C=O) groups is 16. The Bertz CT molecular complexity index is 4020. The molecule has 13 N–H and O–H groups in total. The lowest BCUT2D eigenvalue weighted by Gasteiger charge is -2.26. The zero-order valence-corrected chi connectivity index (χ0v) is 81.7. The highest BCUT2D eigenvalue weighted by Gasteiger charge is 2.34. The van der Waals surface area contributed by atoms with Crippen LogP contribution < -0.4 is 41.8 Å². The van der Waals surface area contributed by atoms with E-state index in [1.807, 2.05) is 0 Å². The molecule has 0 spiro atoms. The number of Topliss-reactive ketones (excluding diaryl/α,β-unsaturated/α-hetero) is 7. The first-order valence-electron chi connectivity index (χ1n) is 49.3. The molecule has 0 aliphatic rings. The van der Waals surface area contributed by atoms with Gasteiger partial charge in [-0.2, -0.15) is 0 Å². The molecule has 782 valence electrons. The first-order chi connectivity index (χ1) is 66.9. The number of rotatable bonds is 96. The maximum atomic E-state index is 14.0. The van der Waals surface area contributed by atoms with Crippen LogP contribution in [0.3, 0.4) is 0 Å². The Hall–Kier alpha value is -10.2. The molecule has 5 atom stereocenters. The molecule has 3 aromatic rings. The normalized spacial score (nSPS) is 12.5.